The van der Waals surface area contributed by atoms with Crippen molar-refractivity contribution in [3.05, 3.63) is 0 Å². The van der Waals surface area contributed by atoms with Crippen molar-refractivity contribution in [2.24, 2.45) is 5.92 Å². The van der Waals surface area contributed by atoms with E-state index in [1.54, 1.807) is 20.8 Å². The van der Waals surface area contributed by atoms with Crippen LogP contribution in [0.3, 0.4) is 0 Å². The van der Waals surface area contributed by atoms with E-state index in [9.17, 15) is 15.0 Å². The van der Waals surface area contributed by atoms with Crippen LogP contribution in [0.1, 0.15) is 33.6 Å². The van der Waals surface area contributed by atoms with Crippen molar-refractivity contribution in [1.82, 2.24) is 4.90 Å². The predicted molar refractivity (Wildman–Crippen MR) is 67.4 cm³/mol. The molecule has 110 valence electrons. The molecule has 2 aliphatic rings. The van der Waals surface area contributed by atoms with E-state index in [2.05, 4.69) is 0 Å². The number of ether oxygens (including phenoxy) is 2. The van der Waals surface area contributed by atoms with E-state index >= 15 is 0 Å². The Morgan fingerprint density at radius 3 is 2.74 bits per heavy atom. The van der Waals surface area contributed by atoms with Gasteiger partial charge in [-0.25, -0.2) is 4.79 Å². The Morgan fingerprint density at radius 2 is 2.16 bits per heavy atom. The molecule has 6 heteroatoms. The van der Waals surface area contributed by atoms with Crippen LogP contribution >= 0.6 is 0 Å². The predicted octanol–water partition coefficient (Wildman–Crippen LogP) is 0.712. The van der Waals surface area contributed by atoms with E-state index in [0.29, 0.717) is 6.42 Å². The fourth-order valence-electron chi connectivity index (χ4n) is 3.19. The van der Waals surface area contributed by atoms with Gasteiger partial charge < -0.3 is 19.7 Å². The number of fused-ring (bicyclic) bond motifs is 1. The van der Waals surface area contributed by atoms with Crippen LogP contribution in [0.2, 0.25) is 0 Å². The molecular formula is C13H23NO5. The van der Waals surface area contributed by atoms with Gasteiger partial charge in [-0.2, -0.15) is 0 Å². The van der Waals surface area contributed by atoms with Gasteiger partial charge in [-0.15, -0.1) is 0 Å². The highest BCUT2D eigenvalue weighted by Crippen LogP contribution is 2.41. The van der Waals surface area contributed by atoms with Crippen molar-refractivity contribution in [2.45, 2.75) is 57.6 Å². The van der Waals surface area contributed by atoms with E-state index in [-0.39, 0.29) is 25.2 Å². The Balaban J connectivity index is 2.25. The molecule has 19 heavy (non-hydrogen) atoms. The molecule has 6 nitrogen and oxygen atoms in total. The first kappa shape index (κ1) is 14.6. The number of carbonyl (C=O) groups is 1. The zero-order valence-electron chi connectivity index (χ0n) is 11.7. The molecular weight excluding hydrogens is 250 g/mol. The number of hydrogen-bond donors (Lipinski definition) is 2. The largest absolute Gasteiger partial charge is 0.450 e. The van der Waals surface area contributed by atoms with E-state index in [4.69, 9.17) is 9.47 Å². The van der Waals surface area contributed by atoms with Crippen LogP contribution in [0, 0.1) is 5.92 Å². The lowest BCUT2D eigenvalue weighted by Gasteiger charge is -2.39. The first-order chi connectivity index (χ1) is 8.92. The molecule has 2 fully saturated rings. The van der Waals surface area contributed by atoms with Crippen molar-refractivity contribution in [3.63, 3.8) is 0 Å². The molecule has 0 bridgehead atoms. The first-order valence-corrected chi connectivity index (χ1v) is 6.85. The number of amides is 1. The molecule has 2 N–H and O–H groups in total. The van der Waals surface area contributed by atoms with Gasteiger partial charge in [0.05, 0.1) is 24.9 Å². The smallest absolute Gasteiger partial charge is 0.412 e. The second-order valence-electron chi connectivity index (χ2n) is 5.67. The first-order valence-electron chi connectivity index (χ1n) is 6.85. The maximum absolute atomic E-state index is 12.1. The van der Waals surface area contributed by atoms with Gasteiger partial charge in [0.1, 0.15) is 5.72 Å². The van der Waals surface area contributed by atoms with Crippen molar-refractivity contribution < 1.29 is 24.5 Å². The molecule has 0 aromatic carbocycles. The summed E-state index contributed by atoms with van der Waals surface area (Å²) >= 11 is 0. The maximum Gasteiger partial charge on any atom is 0.412 e. The third-order valence-electron chi connectivity index (χ3n) is 4.05. The summed E-state index contributed by atoms with van der Waals surface area (Å²) in [6.07, 6.45) is -0.0255. The Morgan fingerprint density at radius 1 is 1.47 bits per heavy atom. The van der Waals surface area contributed by atoms with Crippen molar-refractivity contribution >= 4 is 6.09 Å². The normalized spacial score (nSPS) is 37.0. The molecule has 0 aromatic heterocycles. The average molecular weight is 273 g/mol. The number of aliphatic hydroxyl groups excluding tert-OH is 2. The third-order valence-corrected chi connectivity index (χ3v) is 4.05. The van der Waals surface area contributed by atoms with Gasteiger partial charge in [0.15, 0.2) is 0 Å². The Hall–Kier alpha value is -0.850. The summed E-state index contributed by atoms with van der Waals surface area (Å²) in [5.74, 6) is -0.212. The van der Waals surface area contributed by atoms with Crippen LogP contribution in [-0.2, 0) is 9.47 Å². The lowest BCUT2D eigenvalue weighted by Crippen LogP contribution is -2.56. The number of hydrogen-bond acceptors (Lipinski definition) is 5. The summed E-state index contributed by atoms with van der Waals surface area (Å²) in [5, 5.41) is 19.7. The van der Waals surface area contributed by atoms with Crippen LogP contribution in [0.4, 0.5) is 4.79 Å². The molecule has 0 aromatic rings. The van der Waals surface area contributed by atoms with Crippen molar-refractivity contribution in [3.8, 4) is 0 Å². The van der Waals surface area contributed by atoms with Crippen molar-refractivity contribution in [1.29, 1.82) is 0 Å². The number of carbonyl (C=O) groups excluding carboxylic acids is 1. The summed E-state index contributed by atoms with van der Waals surface area (Å²) in [6, 6.07) is -0.444. The topological polar surface area (TPSA) is 79.2 Å². The van der Waals surface area contributed by atoms with Gasteiger partial charge in [0.25, 0.3) is 0 Å². The molecule has 0 radical (unpaired) electrons. The fourth-order valence-corrected chi connectivity index (χ4v) is 3.19. The second kappa shape index (κ2) is 5.26. The Kier molecular flexibility index (Phi) is 4.03. The lowest BCUT2D eigenvalue weighted by molar-refractivity contribution is -0.0720. The van der Waals surface area contributed by atoms with Crippen LogP contribution in [0.15, 0.2) is 0 Å². The summed E-state index contributed by atoms with van der Waals surface area (Å²) in [6.45, 7) is 5.53. The number of aliphatic hydroxyl groups is 2. The van der Waals surface area contributed by atoms with E-state index in [0.717, 1.165) is 6.42 Å². The van der Waals surface area contributed by atoms with E-state index in [1.807, 2.05) is 0 Å². The standard InChI is InChI=1S/C13H23NO5/c1-4-18-12(17)14-10-9(19-13(14,2)3)6-5-8(7-15)11(10)16/h8-11,15-16H,4-7H2,1-3H3/t8-,9+,10+,11+/m1/s1. The molecule has 1 aliphatic carbocycles. The molecule has 0 unspecified atom stereocenters. The molecule has 0 spiro atoms. The molecule has 1 saturated heterocycles. The van der Waals surface area contributed by atoms with Crippen LogP contribution in [0.25, 0.3) is 0 Å². The lowest BCUT2D eigenvalue weighted by atomic mass is 9.81. The number of nitrogens with zero attached hydrogens (tertiary/aromatic N) is 1. The minimum Gasteiger partial charge on any atom is -0.450 e. The van der Waals surface area contributed by atoms with Crippen LogP contribution < -0.4 is 0 Å². The molecule has 1 heterocycles. The van der Waals surface area contributed by atoms with E-state index in [1.165, 1.54) is 4.90 Å². The molecule has 2 rings (SSSR count). The SMILES string of the molecule is CCOC(=O)N1[C@@H]2[C@@H](O)[C@@H](CO)CC[C@@H]2OC1(C)C. The highest BCUT2D eigenvalue weighted by Gasteiger charge is 2.56. The Labute approximate surface area is 113 Å². The van der Waals surface area contributed by atoms with Crippen molar-refractivity contribution in [2.75, 3.05) is 13.2 Å². The summed E-state index contributed by atoms with van der Waals surface area (Å²) in [5.41, 5.74) is -0.799. The van der Waals surface area contributed by atoms with Crippen LogP contribution in [0.5, 0.6) is 0 Å². The zero-order chi connectivity index (χ0) is 14.2. The zero-order valence-corrected chi connectivity index (χ0v) is 11.7. The number of rotatable bonds is 2. The highest BCUT2D eigenvalue weighted by molar-refractivity contribution is 5.69. The molecule has 4 atom stereocenters. The molecule has 1 amide bonds. The van der Waals surface area contributed by atoms with Gasteiger partial charge in [0.2, 0.25) is 0 Å². The molecule has 1 aliphatic heterocycles. The summed E-state index contributed by atoms with van der Waals surface area (Å²) < 4.78 is 10.9. The molecule has 1 saturated carbocycles. The monoisotopic (exact) mass is 273 g/mol. The maximum atomic E-state index is 12.1. The minimum atomic E-state index is -0.799. The van der Waals surface area contributed by atoms with Gasteiger partial charge in [-0.05, 0) is 33.6 Å². The van der Waals surface area contributed by atoms with Gasteiger partial charge >= 0.3 is 6.09 Å². The second-order valence-corrected chi connectivity index (χ2v) is 5.67. The fraction of sp³-hybridized carbons (Fsp3) is 0.923. The van der Waals surface area contributed by atoms with Crippen LogP contribution in [-0.4, -0.2) is 58.4 Å². The highest BCUT2D eigenvalue weighted by atomic mass is 16.6. The quantitative estimate of drug-likeness (QED) is 0.774. The Bertz CT molecular complexity index is 346. The summed E-state index contributed by atoms with van der Waals surface area (Å²) in [7, 11) is 0. The van der Waals surface area contributed by atoms with Gasteiger partial charge in [-0.3, -0.25) is 4.90 Å². The summed E-state index contributed by atoms with van der Waals surface area (Å²) in [4.78, 5) is 13.6. The van der Waals surface area contributed by atoms with Gasteiger partial charge in [-0.1, -0.05) is 0 Å². The minimum absolute atomic E-state index is 0.0819. The van der Waals surface area contributed by atoms with Gasteiger partial charge in [0, 0.05) is 12.5 Å². The van der Waals surface area contributed by atoms with E-state index < -0.39 is 24.0 Å². The average Bonchev–Trinajstić information content (AvgIpc) is 2.61. The third kappa shape index (κ3) is 2.44.